The Kier molecular flexibility index (Phi) is 7.77. The normalized spacial score (nSPS) is 16.4. The molecule has 1 N–H and O–H groups in total. The molecule has 4 heterocycles. The van der Waals surface area contributed by atoms with Crippen molar-refractivity contribution in [3.63, 3.8) is 0 Å². The Morgan fingerprint density at radius 3 is 1.82 bits per heavy atom. The smallest absolute Gasteiger partial charge is 0.198 e. The minimum atomic E-state index is -0.189. The van der Waals surface area contributed by atoms with Crippen LogP contribution in [0.2, 0.25) is 0 Å². The number of para-hydroxylation sites is 2. The summed E-state index contributed by atoms with van der Waals surface area (Å²) in [6.07, 6.45) is 2.38. The molecule has 4 nitrogen and oxygen atoms in total. The fraction of sp³-hybridized carbons (Fsp3) is 0.238. The van der Waals surface area contributed by atoms with E-state index < -0.39 is 0 Å². The van der Waals surface area contributed by atoms with E-state index in [0.717, 1.165) is 62.5 Å². The van der Waals surface area contributed by atoms with Crippen LogP contribution < -0.4 is 16.2 Å². The SMILES string of the molecule is CC(C)(C)c1ccc(Nc2cc3c(cc2-c2ccc4c5cc6oc7ccccc7c6cc5n5c4c2Bc2cc4oc6ccccc6c4cc2-5)-c2cc4c(cc2C3(C)C)C(C)(C)CCC4(C)C)cc1. The molecule has 332 valence electrons. The van der Waals surface area contributed by atoms with Gasteiger partial charge >= 0.3 is 0 Å². The van der Waals surface area contributed by atoms with E-state index >= 15 is 0 Å². The van der Waals surface area contributed by atoms with Crippen LogP contribution in [-0.2, 0) is 21.7 Å². The molecule has 3 aromatic heterocycles. The minimum absolute atomic E-state index is 0.0613. The van der Waals surface area contributed by atoms with Gasteiger partial charge in [0.15, 0.2) is 7.28 Å². The molecule has 3 aliphatic rings. The van der Waals surface area contributed by atoms with Crippen molar-refractivity contribution in [2.45, 2.75) is 96.8 Å². The molecular weight excluding hydrogens is 828 g/mol. The molecule has 68 heavy (non-hydrogen) atoms. The van der Waals surface area contributed by atoms with E-state index in [-0.39, 0.29) is 21.7 Å². The third-order valence-corrected chi connectivity index (χ3v) is 16.8. The first-order chi connectivity index (χ1) is 32.5. The standard InChI is InChI=1S/C63H55BN2O2/c1-60(2,3)34-18-20-35(21-19-34)65-51-32-47-40(41-27-48-49(31-46(41)63(47,8)9)62(6,7)25-24-61(48,4)5)26-42(51)38-22-23-39-43-30-56-44(36-14-10-12-16-54(36)67-56)28-52(43)66-53-29-45-37-15-11-13-17-55(37)68-57(45)33-50(53)64-58(38)59(39)66/h10-23,26-33,64-65H,24-25H2,1-9H3. The van der Waals surface area contributed by atoms with Crippen molar-refractivity contribution in [2.24, 2.45) is 0 Å². The van der Waals surface area contributed by atoms with Gasteiger partial charge < -0.3 is 18.7 Å². The average Bonchev–Trinajstić information content (AvgIpc) is 4.02. The zero-order valence-corrected chi connectivity index (χ0v) is 40.6. The highest BCUT2D eigenvalue weighted by molar-refractivity contribution is 6.73. The molecule has 0 spiro atoms. The third-order valence-electron chi connectivity index (χ3n) is 16.8. The summed E-state index contributed by atoms with van der Waals surface area (Å²) in [6.45, 7) is 21.5. The number of aromatic nitrogens is 1. The molecule has 1 aliphatic heterocycles. The Morgan fingerprint density at radius 2 is 1.13 bits per heavy atom. The van der Waals surface area contributed by atoms with Gasteiger partial charge in [-0.3, -0.25) is 0 Å². The second-order valence-electron chi connectivity index (χ2n) is 23.3. The third kappa shape index (κ3) is 5.45. The van der Waals surface area contributed by atoms with E-state index in [1.807, 2.05) is 0 Å². The van der Waals surface area contributed by atoms with Gasteiger partial charge in [0, 0.05) is 65.9 Å². The first kappa shape index (κ1) is 40.1. The maximum atomic E-state index is 6.61. The van der Waals surface area contributed by atoms with E-state index in [1.165, 1.54) is 101 Å². The van der Waals surface area contributed by atoms with Crippen molar-refractivity contribution in [2.75, 3.05) is 5.32 Å². The van der Waals surface area contributed by atoms with Gasteiger partial charge in [-0.1, -0.05) is 135 Å². The predicted molar refractivity (Wildman–Crippen MR) is 288 cm³/mol. The lowest BCUT2D eigenvalue weighted by Crippen LogP contribution is -2.37. The van der Waals surface area contributed by atoms with Crippen LogP contribution in [0.5, 0.6) is 0 Å². The quantitative estimate of drug-likeness (QED) is 0.180. The summed E-state index contributed by atoms with van der Waals surface area (Å²) in [5.41, 5.74) is 24.5. The van der Waals surface area contributed by atoms with E-state index in [2.05, 4.69) is 206 Å². The number of furan rings is 2. The Morgan fingerprint density at radius 1 is 0.515 bits per heavy atom. The molecule has 0 saturated carbocycles. The minimum Gasteiger partial charge on any atom is -0.456 e. The van der Waals surface area contributed by atoms with Crippen LogP contribution in [0.25, 0.3) is 93.6 Å². The fourth-order valence-corrected chi connectivity index (χ4v) is 12.8. The summed E-state index contributed by atoms with van der Waals surface area (Å²) >= 11 is 0. The molecule has 0 unspecified atom stereocenters. The van der Waals surface area contributed by atoms with Gasteiger partial charge in [-0.15, -0.1) is 0 Å². The molecule has 14 rings (SSSR count). The molecule has 0 saturated heterocycles. The van der Waals surface area contributed by atoms with Crippen molar-refractivity contribution in [1.29, 1.82) is 0 Å². The Labute approximate surface area is 398 Å². The molecule has 0 fully saturated rings. The highest BCUT2D eigenvalue weighted by Crippen LogP contribution is 2.56. The maximum absolute atomic E-state index is 6.61. The van der Waals surface area contributed by atoms with Crippen LogP contribution in [0.4, 0.5) is 11.4 Å². The summed E-state index contributed by atoms with van der Waals surface area (Å²) < 4.78 is 15.7. The molecule has 0 atom stereocenters. The monoisotopic (exact) mass is 882 g/mol. The molecule has 0 radical (unpaired) electrons. The lowest BCUT2D eigenvalue weighted by molar-refractivity contribution is 0.331. The van der Waals surface area contributed by atoms with Crippen molar-refractivity contribution >= 4 is 95.3 Å². The van der Waals surface area contributed by atoms with E-state index in [9.17, 15) is 0 Å². The Bertz CT molecular complexity index is 4030. The van der Waals surface area contributed by atoms with Crippen LogP contribution in [-0.4, -0.2) is 11.8 Å². The maximum Gasteiger partial charge on any atom is 0.198 e. The van der Waals surface area contributed by atoms with Gasteiger partial charge in [0.1, 0.15) is 22.3 Å². The number of hydrogen-bond donors (Lipinski definition) is 1. The number of fused-ring (bicyclic) bond motifs is 15. The molecule has 8 aromatic carbocycles. The summed E-state index contributed by atoms with van der Waals surface area (Å²) in [5.74, 6) is 0. The second kappa shape index (κ2) is 13.2. The zero-order valence-electron chi connectivity index (χ0n) is 40.6. The number of hydrogen-bond acceptors (Lipinski definition) is 3. The number of nitrogens with zero attached hydrogens (tertiary/aromatic N) is 1. The summed E-state index contributed by atoms with van der Waals surface area (Å²) in [6, 6.07) is 50.3. The van der Waals surface area contributed by atoms with E-state index in [4.69, 9.17) is 8.83 Å². The number of benzene rings is 8. The molecule has 0 bridgehead atoms. The highest BCUT2D eigenvalue weighted by Gasteiger charge is 2.43. The molecule has 2 aliphatic carbocycles. The van der Waals surface area contributed by atoms with Crippen molar-refractivity contribution in [3.05, 3.63) is 161 Å². The summed E-state index contributed by atoms with van der Waals surface area (Å²) in [5, 5.41) is 11.0. The van der Waals surface area contributed by atoms with Crippen LogP contribution in [0.3, 0.4) is 0 Å². The lowest BCUT2D eigenvalue weighted by Gasteiger charge is -2.42. The first-order valence-electron chi connectivity index (χ1n) is 24.7. The van der Waals surface area contributed by atoms with Crippen LogP contribution >= 0.6 is 0 Å². The summed E-state index contributed by atoms with van der Waals surface area (Å²) in [7, 11) is 0.764. The second-order valence-corrected chi connectivity index (χ2v) is 23.3. The van der Waals surface area contributed by atoms with Crippen molar-refractivity contribution in [3.8, 4) is 27.9 Å². The van der Waals surface area contributed by atoms with Gasteiger partial charge in [0.05, 0.1) is 5.52 Å². The van der Waals surface area contributed by atoms with Gasteiger partial charge in [-0.25, -0.2) is 0 Å². The van der Waals surface area contributed by atoms with E-state index in [1.54, 1.807) is 0 Å². The average molecular weight is 883 g/mol. The predicted octanol–water partition coefficient (Wildman–Crippen LogP) is 15.6. The largest absolute Gasteiger partial charge is 0.456 e. The lowest BCUT2D eigenvalue weighted by atomic mass is 9.59. The first-order valence-corrected chi connectivity index (χ1v) is 24.7. The van der Waals surface area contributed by atoms with Gasteiger partial charge in [0.2, 0.25) is 0 Å². The highest BCUT2D eigenvalue weighted by atomic mass is 16.3. The van der Waals surface area contributed by atoms with Gasteiger partial charge in [-0.05, 0) is 146 Å². The van der Waals surface area contributed by atoms with E-state index in [0.29, 0.717) is 0 Å². The van der Waals surface area contributed by atoms with Crippen LogP contribution in [0, 0.1) is 0 Å². The topological polar surface area (TPSA) is 43.2 Å². The van der Waals surface area contributed by atoms with Gasteiger partial charge in [-0.2, -0.15) is 0 Å². The van der Waals surface area contributed by atoms with Crippen LogP contribution in [0.1, 0.15) is 103 Å². The molecule has 5 heteroatoms. The number of rotatable bonds is 3. The Balaban J connectivity index is 1.06. The number of nitrogens with one attached hydrogen (secondary N) is 1. The molecule has 0 amide bonds. The number of anilines is 2. The van der Waals surface area contributed by atoms with Crippen molar-refractivity contribution < 1.29 is 8.83 Å². The van der Waals surface area contributed by atoms with Crippen molar-refractivity contribution in [1.82, 2.24) is 4.57 Å². The summed E-state index contributed by atoms with van der Waals surface area (Å²) in [4.78, 5) is 0. The van der Waals surface area contributed by atoms with Gasteiger partial charge in [0.25, 0.3) is 0 Å². The fourth-order valence-electron chi connectivity index (χ4n) is 12.8. The molecule has 11 aromatic rings. The Hall–Kier alpha value is -6.98. The zero-order chi connectivity index (χ0) is 46.4. The van der Waals surface area contributed by atoms with Crippen LogP contribution in [0.15, 0.2) is 142 Å². The molecular formula is C63H55BN2O2.